The minimum absolute atomic E-state index is 0.390. The molecule has 2 unspecified atom stereocenters. The Bertz CT molecular complexity index is 406. The van der Waals surface area contributed by atoms with Crippen LogP contribution in [0.25, 0.3) is 0 Å². The molecule has 0 fully saturated rings. The van der Waals surface area contributed by atoms with Crippen LogP contribution in [0.2, 0.25) is 0 Å². The largest absolute Gasteiger partial charge is 0.486 e. The summed E-state index contributed by atoms with van der Waals surface area (Å²) >= 11 is 0. The van der Waals surface area contributed by atoms with Gasteiger partial charge in [-0.15, -0.1) is 0 Å². The Labute approximate surface area is 116 Å². The quantitative estimate of drug-likeness (QED) is 0.851. The minimum atomic E-state index is 0.390. The first kappa shape index (κ1) is 14.2. The average molecular weight is 263 g/mol. The van der Waals surface area contributed by atoms with Crippen molar-refractivity contribution in [3.8, 4) is 11.5 Å². The minimum Gasteiger partial charge on any atom is -0.486 e. The molecule has 1 heterocycles. The molecule has 0 aromatic heterocycles. The highest BCUT2D eigenvalue weighted by molar-refractivity contribution is 5.44. The molecule has 2 rings (SSSR count). The third kappa shape index (κ3) is 3.41. The highest BCUT2D eigenvalue weighted by atomic mass is 16.6. The van der Waals surface area contributed by atoms with Gasteiger partial charge >= 0.3 is 0 Å². The number of nitrogens with one attached hydrogen (secondary N) is 1. The molecule has 0 radical (unpaired) electrons. The van der Waals surface area contributed by atoms with E-state index in [0.717, 1.165) is 30.9 Å². The second-order valence-electron chi connectivity index (χ2n) is 5.22. The summed E-state index contributed by atoms with van der Waals surface area (Å²) in [4.78, 5) is 0. The van der Waals surface area contributed by atoms with Crippen LogP contribution in [-0.4, -0.2) is 19.8 Å². The van der Waals surface area contributed by atoms with Crippen molar-refractivity contribution in [3.05, 3.63) is 23.8 Å². The lowest BCUT2D eigenvalue weighted by Gasteiger charge is -2.26. The molecule has 106 valence electrons. The van der Waals surface area contributed by atoms with Crippen molar-refractivity contribution in [3.63, 3.8) is 0 Å². The van der Waals surface area contributed by atoms with E-state index in [0.29, 0.717) is 25.2 Å². The summed E-state index contributed by atoms with van der Waals surface area (Å²) in [7, 11) is 0. The molecule has 0 amide bonds. The second kappa shape index (κ2) is 6.80. The van der Waals surface area contributed by atoms with Crippen LogP contribution in [0.15, 0.2) is 18.2 Å². The highest BCUT2D eigenvalue weighted by Crippen LogP contribution is 2.34. The number of benzene rings is 1. The Hall–Kier alpha value is -1.22. The molecular formula is C16H25NO2. The first-order chi connectivity index (χ1) is 9.26. The standard InChI is InChI=1S/C16H25NO2/c1-4-8-17-16(12(3)5-2)13-6-7-14-15(11-13)19-10-9-18-14/h6-7,11-12,16-17H,4-5,8-10H2,1-3H3. The maximum absolute atomic E-state index is 5.68. The van der Waals surface area contributed by atoms with Gasteiger partial charge in [0.25, 0.3) is 0 Å². The fourth-order valence-corrected chi connectivity index (χ4v) is 2.44. The average Bonchev–Trinajstić information content (AvgIpc) is 2.47. The van der Waals surface area contributed by atoms with Crippen LogP contribution in [-0.2, 0) is 0 Å². The van der Waals surface area contributed by atoms with Crippen LogP contribution in [0.4, 0.5) is 0 Å². The van der Waals surface area contributed by atoms with E-state index in [-0.39, 0.29) is 0 Å². The lowest BCUT2D eigenvalue weighted by atomic mass is 9.92. The molecule has 1 aliphatic heterocycles. The van der Waals surface area contributed by atoms with E-state index in [1.807, 2.05) is 6.07 Å². The van der Waals surface area contributed by atoms with Gasteiger partial charge in [-0.25, -0.2) is 0 Å². The molecule has 19 heavy (non-hydrogen) atoms. The predicted molar refractivity (Wildman–Crippen MR) is 77.9 cm³/mol. The van der Waals surface area contributed by atoms with Gasteiger partial charge in [0.05, 0.1) is 0 Å². The normalized spacial score (nSPS) is 17.0. The monoisotopic (exact) mass is 263 g/mol. The summed E-state index contributed by atoms with van der Waals surface area (Å²) in [6.45, 7) is 9.07. The van der Waals surface area contributed by atoms with Gasteiger partial charge in [0.15, 0.2) is 11.5 Å². The molecule has 3 nitrogen and oxygen atoms in total. The third-order valence-corrected chi connectivity index (χ3v) is 3.75. The zero-order chi connectivity index (χ0) is 13.7. The maximum atomic E-state index is 5.68. The Kier molecular flexibility index (Phi) is 5.08. The lowest BCUT2D eigenvalue weighted by molar-refractivity contribution is 0.171. The smallest absolute Gasteiger partial charge is 0.161 e. The van der Waals surface area contributed by atoms with Gasteiger partial charge in [-0.3, -0.25) is 0 Å². The van der Waals surface area contributed by atoms with Gasteiger partial charge in [0, 0.05) is 6.04 Å². The Balaban J connectivity index is 2.20. The molecule has 0 aliphatic carbocycles. The number of rotatable bonds is 6. The van der Waals surface area contributed by atoms with Crippen LogP contribution in [0.5, 0.6) is 11.5 Å². The van der Waals surface area contributed by atoms with E-state index in [9.17, 15) is 0 Å². The van der Waals surface area contributed by atoms with Gasteiger partial charge in [-0.05, 0) is 36.6 Å². The van der Waals surface area contributed by atoms with Crippen molar-refractivity contribution >= 4 is 0 Å². The van der Waals surface area contributed by atoms with E-state index in [4.69, 9.17) is 9.47 Å². The predicted octanol–water partition coefficient (Wildman–Crippen LogP) is 3.54. The van der Waals surface area contributed by atoms with Gasteiger partial charge in [0.1, 0.15) is 13.2 Å². The molecule has 2 atom stereocenters. The highest BCUT2D eigenvalue weighted by Gasteiger charge is 2.20. The zero-order valence-electron chi connectivity index (χ0n) is 12.2. The fourth-order valence-electron chi connectivity index (χ4n) is 2.44. The van der Waals surface area contributed by atoms with Crippen LogP contribution >= 0.6 is 0 Å². The van der Waals surface area contributed by atoms with Crippen LogP contribution < -0.4 is 14.8 Å². The van der Waals surface area contributed by atoms with E-state index in [2.05, 4.69) is 38.2 Å². The summed E-state index contributed by atoms with van der Waals surface area (Å²) in [5.74, 6) is 2.36. The van der Waals surface area contributed by atoms with Crippen molar-refractivity contribution in [2.75, 3.05) is 19.8 Å². The summed E-state index contributed by atoms with van der Waals surface area (Å²) in [6.07, 6.45) is 2.31. The van der Waals surface area contributed by atoms with Gasteiger partial charge in [0.2, 0.25) is 0 Å². The molecule has 1 aromatic carbocycles. The molecule has 1 aromatic rings. The number of ether oxygens (including phenoxy) is 2. The van der Waals surface area contributed by atoms with E-state index in [1.54, 1.807) is 0 Å². The van der Waals surface area contributed by atoms with Crippen LogP contribution in [0.3, 0.4) is 0 Å². The van der Waals surface area contributed by atoms with E-state index in [1.165, 1.54) is 5.56 Å². The van der Waals surface area contributed by atoms with Crippen molar-refractivity contribution in [1.82, 2.24) is 5.32 Å². The molecule has 0 spiro atoms. The molecule has 0 bridgehead atoms. The van der Waals surface area contributed by atoms with Crippen LogP contribution in [0, 0.1) is 5.92 Å². The van der Waals surface area contributed by atoms with Gasteiger partial charge < -0.3 is 14.8 Å². The lowest BCUT2D eigenvalue weighted by Crippen LogP contribution is -2.27. The first-order valence-corrected chi connectivity index (χ1v) is 7.39. The number of fused-ring (bicyclic) bond motifs is 1. The molecule has 1 aliphatic rings. The molecule has 1 N–H and O–H groups in total. The number of hydrogen-bond donors (Lipinski definition) is 1. The van der Waals surface area contributed by atoms with Crippen molar-refractivity contribution < 1.29 is 9.47 Å². The second-order valence-corrected chi connectivity index (χ2v) is 5.22. The Morgan fingerprint density at radius 2 is 1.89 bits per heavy atom. The zero-order valence-corrected chi connectivity index (χ0v) is 12.2. The first-order valence-electron chi connectivity index (χ1n) is 7.39. The molecular weight excluding hydrogens is 238 g/mol. The summed E-state index contributed by atoms with van der Waals surface area (Å²) in [5, 5.41) is 3.65. The van der Waals surface area contributed by atoms with Crippen molar-refractivity contribution in [2.45, 2.75) is 39.7 Å². The molecule has 3 heteroatoms. The van der Waals surface area contributed by atoms with E-state index < -0.39 is 0 Å². The number of hydrogen-bond acceptors (Lipinski definition) is 3. The fraction of sp³-hybridized carbons (Fsp3) is 0.625. The summed E-state index contributed by atoms with van der Waals surface area (Å²) in [6, 6.07) is 6.72. The summed E-state index contributed by atoms with van der Waals surface area (Å²) in [5.41, 5.74) is 1.30. The van der Waals surface area contributed by atoms with Crippen molar-refractivity contribution in [1.29, 1.82) is 0 Å². The van der Waals surface area contributed by atoms with E-state index >= 15 is 0 Å². The van der Waals surface area contributed by atoms with Crippen LogP contribution in [0.1, 0.15) is 45.2 Å². The molecule has 0 saturated carbocycles. The van der Waals surface area contributed by atoms with Crippen molar-refractivity contribution in [2.24, 2.45) is 5.92 Å². The molecule has 0 saturated heterocycles. The Morgan fingerprint density at radius 1 is 1.16 bits per heavy atom. The Morgan fingerprint density at radius 3 is 2.58 bits per heavy atom. The van der Waals surface area contributed by atoms with Gasteiger partial charge in [-0.2, -0.15) is 0 Å². The third-order valence-electron chi connectivity index (χ3n) is 3.75. The summed E-state index contributed by atoms with van der Waals surface area (Å²) < 4.78 is 11.3. The maximum Gasteiger partial charge on any atom is 0.161 e. The van der Waals surface area contributed by atoms with Gasteiger partial charge in [-0.1, -0.05) is 33.3 Å². The SMILES string of the molecule is CCCNC(c1ccc2c(c1)OCCO2)C(C)CC. The topological polar surface area (TPSA) is 30.5 Å².